The van der Waals surface area contributed by atoms with Gasteiger partial charge >= 0.3 is 0 Å². The molecule has 2 aliphatic rings. The number of carbonyl (C=O) groups is 3. The number of imide groups is 1. The summed E-state index contributed by atoms with van der Waals surface area (Å²) < 4.78 is 0. The van der Waals surface area contributed by atoms with Crippen molar-refractivity contribution in [2.24, 2.45) is 4.99 Å². The van der Waals surface area contributed by atoms with Crippen LogP contribution in [0.15, 0.2) is 47.5 Å². The number of rotatable bonds is 3. The summed E-state index contributed by atoms with van der Waals surface area (Å²) in [5.41, 5.74) is 4.63. The molecule has 4 rings (SSSR count). The Morgan fingerprint density at radius 3 is 2.74 bits per heavy atom. The predicted octanol–water partition coefficient (Wildman–Crippen LogP) is 2.65. The molecule has 0 radical (unpaired) electrons. The van der Waals surface area contributed by atoms with Gasteiger partial charge in [0.15, 0.2) is 0 Å². The second-order valence-electron chi connectivity index (χ2n) is 6.86. The molecule has 6 heteroatoms. The maximum Gasteiger partial charge on any atom is 0.273 e. The SMILES string of the molecule is CC(=O)Nc1cccc(C2C(=O)NC(=O)C2=Nc2ccc3c(c2)CCC3)c1. The lowest BCUT2D eigenvalue weighted by molar-refractivity contribution is -0.124. The van der Waals surface area contributed by atoms with Gasteiger partial charge in [0.2, 0.25) is 11.8 Å². The van der Waals surface area contributed by atoms with E-state index in [0.717, 1.165) is 19.3 Å². The van der Waals surface area contributed by atoms with Crippen LogP contribution in [0, 0.1) is 0 Å². The number of hydrogen-bond donors (Lipinski definition) is 2. The quantitative estimate of drug-likeness (QED) is 0.824. The number of anilines is 1. The summed E-state index contributed by atoms with van der Waals surface area (Å²) in [5, 5.41) is 5.04. The van der Waals surface area contributed by atoms with Crippen LogP contribution in [0.2, 0.25) is 0 Å². The first-order chi connectivity index (χ1) is 13.0. The predicted molar refractivity (Wildman–Crippen MR) is 102 cm³/mol. The smallest absolute Gasteiger partial charge is 0.273 e. The van der Waals surface area contributed by atoms with Crippen LogP contribution < -0.4 is 10.6 Å². The molecule has 1 atom stereocenters. The average Bonchev–Trinajstić information content (AvgIpc) is 3.18. The molecule has 1 fully saturated rings. The Balaban J connectivity index is 1.72. The van der Waals surface area contributed by atoms with Gasteiger partial charge in [0, 0.05) is 12.6 Å². The number of fused-ring (bicyclic) bond motifs is 1. The van der Waals surface area contributed by atoms with Crippen LogP contribution in [0.5, 0.6) is 0 Å². The summed E-state index contributed by atoms with van der Waals surface area (Å²) in [6.07, 6.45) is 3.22. The van der Waals surface area contributed by atoms with Crippen LogP contribution in [0.25, 0.3) is 0 Å². The molecule has 1 unspecified atom stereocenters. The van der Waals surface area contributed by atoms with Crippen molar-refractivity contribution in [3.8, 4) is 0 Å². The van der Waals surface area contributed by atoms with Crippen molar-refractivity contribution in [3.63, 3.8) is 0 Å². The van der Waals surface area contributed by atoms with Crippen molar-refractivity contribution < 1.29 is 14.4 Å². The Morgan fingerprint density at radius 2 is 1.93 bits per heavy atom. The molecular weight excluding hydrogens is 342 g/mol. The zero-order valence-corrected chi connectivity index (χ0v) is 14.9. The third kappa shape index (κ3) is 3.38. The Labute approximate surface area is 156 Å². The third-order valence-electron chi connectivity index (χ3n) is 4.88. The monoisotopic (exact) mass is 361 g/mol. The molecule has 2 N–H and O–H groups in total. The number of benzene rings is 2. The summed E-state index contributed by atoms with van der Waals surface area (Å²) >= 11 is 0. The number of nitrogens with one attached hydrogen (secondary N) is 2. The Morgan fingerprint density at radius 1 is 1.11 bits per heavy atom. The van der Waals surface area contributed by atoms with E-state index in [9.17, 15) is 14.4 Å². The molecule has 1 saturated heterocycles. The van der Waals surface area contributed by atoms with E-state index in [2.05, 4.69) is 15.6 Å². The second-order valence-corrected chi connectivity index (χ2v) is 6.86. The third-order valence-corrected chi connectivity index (χ3v) is 4.88. The molecule has 0 spiro atoms. The maximum atomic E-state index is 12.4. The molecule has 0 saturated carbocycles. The Hall–Kier alpha value is -3.28. The van der Waals surface area contributed by atoms with Gasteiger partial charge in [0.25, 0.3) is 5.91 Å². The summed E-state index contributed by atoms with van der Waals surface area (Å²) in [7, 11) is 0. The minimum absolute atomic E-state index is 0.179. The van der Waals surface area contributed by atoms with Gasteiger partial charge in [-0.1, -0.05) is 18.2 Å². The molecule has 3 amide bonds. The fraction of sp³-hybridized carbons (Fsp3) is 0.238. The normalized spacial score (nSPS) is 19.9. The van der Waals surface area contributed by atoms with Crippen LogP contribution in [0.1, 0.15) is 36.0 Å². The fourth-order valence-electron chi connectivity index (χ4n) is 3.69. The maximum absolute atomic E-state index is 12.4. The number of aryl methyl sites for hydroxylation is 2. The number of hydrogen-bond acceptors (Lipinski definition) is 4. The van der Waals surface area contributed by atoms with E-state index in [1.165, 1.54) is 18.1 Å². The Bertz CT molecular complexity index is 994. The van der Waals surface area contributed by atoms with Crippen molar-refractivity contribution >= 4 is 34.8 Å². The lowest BCUT2D eigenvalue weighted by atomic mass is 9.95. The molecule has 136 valence electrons. The number of aliphatic imine (C=N–C) groups is 1. The van der Waals surface area contributed by atoms with Gasteiger partial charge in [0.05, 0.1) is 5.69 Å². The summed E-state index contributed by atoms with van der Waals surface area (Å²) in [6.45, 7) is 1.42. The van der Waals surface area contributed by atoms with Crippen molar-refractivity contribution in [3.05, 3.63) is 59.2 Å². The topological polar surface area (TPSA) is 87.6 Å². The van der Waals surface area contributed by atoms with E-state index in [-0.39, 0.29) is 11.6 Å². The summed E-state index contributed by atoms with van der Waals surface area (Å²) in [5.74, 6) is -1.87. The highest BCUT2D eigenvalue weighted by atomic mass is 16.2. The minimum Gasteiger partial charge on any atom is -0.326 e. The molecule has 6 nitrogen and oxygen atoms in total. The van der Waals surface area contributed by atoms with E-state index in [1.807, 2.05) is 18.2 Å². The molecule has 1 aliphatic heterocycles. The highest BCUT2D eigenvalue weighted by Crippen LogP contribution is 2.30. The van der Waals surface area contributed by atoms with Crippen LogP contribution in [-0.2, 0) is 27.2 Å². The summed E-state index contributed by atoms with van der Waals surface area (Å²) in [4.78, 5) is 40.5. The zero-order valence-electron chi connectivity index (χ0n) is 14.9. The van der Waals surface area contributed by atoms with Crippen LogP contribution >= 0.6 is 0 Å². The first-order valence-electron chi connectivity index (χ1n) is 8.94. The van der Waals surface area contributed by atoms with Crippen molar-refractivity contribution in [1.82, 2.24) is 5.32 Å². The Kier molecular flexibility index (Phi) is 4.32. The van der Waals surface area contributed by atoms with E-state index in [1.54, 1.807) is 24.3 Å². The van der Waals surface area contributed by atoms with Crippen molar-refractivity contribution in [2.45, 2.75) is 32.1 Å². The molecule has 2 aromatic carbocycles. The van der Waals surface area contributed by atoms with Gasteiger partial charge in [-0.25, -0.2) is 4.99 Å². The van der Waals surface area contributed by atoms with Crippen LogP contribution in [0.4, 0.5) is 11.4 Å². The van der Waals surface area contributed by atoms with Gasteiger partial charge in [0.1, 0.15) is 11.6 Å². The van der Waals surface area contributed by atoms with E-state index >= 15 is 0 Å². The summed E-state index contributed by atoms with van der Waals surface area (Å²) in [6, 6.07) is 12.9. The number of nitrogens with zero attached hydrogens (tertiary/aromatic N) is 1. The fourth-order valence-corrected chi connectivity index (χ4v) is 3.69. The molecule has 27 heavy (non-hydrogen) atoms. The van der Waals surface area contributed by atoms with Crippen LogP contribution in [0.3, 0.4) is 0 Å². The lowest BCUT2D eigenvalue weighted by Gasteiger charge is -2.11. The zero-order chi connectivity index (χ0) is 19.0. The number of carbonyl (C=O) groups excluding carboxylic acids is 3. The lowest BCUT2D eigenvalue weighted by Crippen LogP contribution is -2.22. The highest BCUT2D eigenvalue weighted by molar-refractivity contribution is 6.52. The molecule has 2 aromatic rings. The standard InChI is InChI=1S/C21H19N3O3/c1-12(25)22-16-7-3-6-15(11-16)18-19(21(27)24-20(18)26)23-17-9-8-13-4-2-5-14(13)10-17/h3,6-11,18H,2,4-5H2,1H3,(H,22,25)(H,24,26,27). The first-order valence-corrected chi connectivity index (χ1v) is 8.94. The minimum atomic E-state index is -0.792. The van der Waals surface area contributed by atoms with Crippen LogP contribution in [-0.4, -0.2) is 23.4 Å². The van der Waals surface area contributed by atoms with E-state index in [0.29, 0.717) is 16.9 Å². The van der Waals surface area contributed by atoms with Crippen molar-refractivity contribution in [2.75, 3.05) is 5.32 Å². The molecule has 1 aliphatic carbocycles. The van der Waals surface area contributed by atoms with E-state index in [4.69, 9.17) is 0 Å². The first kappa shape index (κ1) is 17.1. The molecule has 1 heterocycles. The van der Waals surface area contributed by atoms with Crippen molar-refractivity contribution in [1.29, 1.82) is 0 Å². The van der Waals surface area contributed by atoms with E-state index < -0.39 is 17.7 Å². The van der Waals surface area contributed by atoms with Gasteiger partial charge < -0.3 is 5.32 Å². The molecule has 0 bridgehead atoms. The second kappa shape index (κ2) is 6.79. The highest BCUT2D eigenvalue weighted by Gasteiger charge is 2.39. The molecule has 0 aromatic heterocycles. The molecular formula is C21H19N3O3. The van der Waals surface area contributed by atoms with Gasteiger partial charge in [-0.3, -0.25) is 19.7 Å². The average molecular weight is 361 g/mol. The largest absolute Gasteiger partial charge is 0.326 e. The van der Waals surface area contributed by atoms with Gasteiger partial charge in [-0.2, -0.15) is 0 Å². The van der Waals surface area contributed by atoms with Gasteiger partial charge in [-0.15, -0.1) is 0 Å². The number of amides is 3. The van der Waals surface area contributed by atoms with Gasteiger partial charge in [-0.05, 0) is 60.2 Å².